The Morgan fingerprint density at radius 1 is 1.00 bits per heavy atom. The van der Waals surface area contributed by atoms with Gasteiger partial charge in [0.15, 0.2) is 0 Å². The molecule has 0 spiro atoms. The van der Waals surface area contributed by atoms with E-state index < -0.39 is 7.38 Å². The molecule has 0 heterocycles. The molecule has 0 bridgehead atoms. The van der Waals surface area contributed by atoms with Crippen molar-refractivity contribution in [1.29, 1.82) is 0 Å². The Bertz CT molecular complexity index is 101. The van der Waals surface area contributed by atoms with Crippen molar-refractivity contribution >= 4 is 18.5 Å². The summed E-state index contributed by atoms with van der Waals surface area (Å²) in [5, 5.41) is 8.54. The quantitative estimate of drug-likeness (QED) is 0.387. The third-order valence-corrected chi connectivity index (χ3v) is 4.04. The van der Waals surface area contributed by atoms with E-state index in [0.717, 1.165) is 6.42 Å². The third kappa shape index (κ3) is 10.5. The van der Waals surface area contributed by atoms with Gasteiger partial charge in [0.2, 0.25) is 0 Å². The number of halogens is 1. The number of unbranched alkanes of at least 4 members (excludes halogenated alkanes) is 4. The van der Waals surface area contributed by atoms with Crippen LogP contribution in [0.3, 0.4) is 0 Å². The van der Waals surface area contributed by atoms with Crippen LogP contribution in [0.2, 0.25) is 19.1 Å². The van der Waals surface area contributed by atoms with Crippen molar-refractivity contribution in [2.45, 2.75) is 51.2 Å². The summed E-state index contributed by atoms with van der Waals surface area (Å²) in [5.41, 5.74) is 0. The Hall–Kier alpha value is 0.467. The van der Waals surface area contributed by atoms with Gasteiger partial charge in [-0.2, -0.15) is 11.1 Å². The second-order valence-electron chi connectivity index (χ2n) is 3.96. The van der Waals surface area contributed by atoms with Crippen LogP contribution in [0, 0.1) is 0 Å². The SMILES string of the molecule is C[Si](C)(Cl)CCCCCCCO. The van der Waals surface area contributed by atoms with E-state index in [1.165, 1.54) is 31.7 Å². The first-order chi connectivity index (χ1) is 5.56. The van der Waals surface area contributed by atoms with Crippen molar-refractivity contribution in [3.05, 3.63) is 0 Å². The predicted molar refractivity (Wildman–Crippen MR) is 58.3 cm³/mol. The molecule has 0 aromatic carbocycles. The molecule has 12 heavy (non-hydrogen) atoms. The lowest BCUT2D eigenvalue weighted by Crippen LogP contribution is -2.14. The minimum atomic E-state index is -1.30. The van der Waals surface area contributed by atoms with Gasteiger partial charge >= 0.3 is 0 Å². The number of aliphatic hydroxyl groups excluding tert-OH is 1. The molecule has 0 aliphatic carbocycles. The number of hydrogen-bond acceptors (Lipinski definition) is 1. The van der Waals surface area contributed by atoms with Gasteiger partial charge in [0.1, 0.15) is 7.38 Å². The van der Waals surface area contributed by atoms with Crippen LogP contribution in [0.5, 0.6) is 0 Å². The van der Waals surface area contributed by atoms with E-state index >= 15 is 0 Å². The molecule has 1 nitrogen and oxygen atoms in total. The Balaban J connectivity index is 3.01. The molecule has 0 unspecified atom stereocenters. The number of rotatable bonds is 7. The lowest BCUT2D eigenvalue weighted by atomic mass is 10.2. The molecule has 74 valence electrons. The molecule has 0 fully saturated rings. The molecule has 0 radical (unpaired) electrons. The van der Waals surface area contributed by atoms with Crippen LogP contribution in [-0.2, 0) is 0 Å². The van der Waals surface area contributed by atoms with Crippen LogP contribution in [-0.4, -0.2) is 19.1 Å². The van der Waals surface area contributed by atoms with Crippen LogP contribution in [0.4, 0.5) is 0 Å². The van der Waals surface area contributed by atoms with Crippen molar-refractivity contribution in [2.24, 2.45) is 0 Å². The highest BCUT2D eigenvalue weighted by Crippen LogP contribution is 2.18. The van der Waals surface area contributed by atoms with Crippen molar-refractivity contribution in [2.75, 3.05) is 6.61 Å². The highest BCUT2D eigenvalue weighted by atomic mass is 35.6. The smallest absolute Gasteiger partial charge is 0.150 e. The van der Waals surface area contributed by atoms with E-state index in [-0.39, 0.29) is 0 Å². The predicted octanol–water partition coefficient (Wildman–Crippen LogP) is 3.37. The number of hydrogen-bond donors (Lipinski definition) is 1. The van der Waals surface area contributed by atoms with Gasteiger partial charge in [-0.25, -0.2) is 0 Å². The first kappa shape index (κ1) is 12.5. The van der Waals surface area contributed by atoms with E-state index in [2.05, 4.69) is 13.1 Å². The minimum absolute atomic E-state index is 0.343. The zero-order valence-corrected chi connectivity index (χ0v) is 10.0. The second kappa shape index (κ2) is 6.93. The Kier molecular flexibility index (Phi) is 7.20. The molecule has 0 aromatic rings. The molecule has 0 aliphatic rings. The molecule has 0 saturated carbocycles. The maximum Gasteiger partial charge on any atom is 0.150 e. The fraction of sp³-hybridized carbons (Fsp3) is 1.00. The van der Waals surface area contributed by atoms with Gasteiger partial charge in [-0.1, -0.05) is 38.8 Å². The topological polar surface area (TPSA) is 20.2 Å². The molecule has 0 amide bonds. The lowest BCUT2D eigenvalue weighted by molar-refractivity contribution is 0.282. The van der Waals surface area contributed by atoms with Crippen LogP contribution >= 0.6 is 11.1 Å². The summed E-state index contributed by atoms with van der Waals surface area (Å²) < 4.78 is 0. The van der Waals surface area contributed by atoms with Gasteiger partial charge in [0, 0.05) is 6.61 Å². The molecular weight excluding hydrogens is 188 g/mol. The van der Waals surface area contributed by atoms with E-state index in [4.69, 9.17) is 16.2 Å². The molecule has 1 N–H and O–H groups in total. The summed E-state index contributed by atoms with van der Waals surface area (Å²) in [4.78, 5) is 0. The van der Waals surface area contributed by atoms with Gasteiger partial charge in [-0.05, 0) is 12.5 Å². The summed E-state index contributed by atoms with van der Waals surface area (Å²) >= 11 is 6.17. The molecule has 0 rings (SSSR count). The Morgan fingerprint density at radius 3 is 2.00 bits per heavy atom. The average molecular weight is 209 g/mol. The first-order valence-electron chi connectivity index (χ1n) is 4.86. The van der Waals surface area contributed by atoms with E-state index in [0.29, 0.717) is 6.61 Å². The number of aliphatic hydroxyl groups is 1. The summed E-state index contributed by atoms with van der Waals surface area (Å²) in [6.45, 7) is 4.74. The van der Waals surface area contributed by atoms with E-state index in [1.807, 2.05) is 0 Å². The van der Waals surface area contributed by atoms with Gasteiger partial charge < -0.3 is 5.11 Å². The Labute approximate surface area is 81.8 Å². The van der Waals surface area contributed by atoms with Gasteiger partial charge in [0.05, 0.1) is 0 Å². The fourth-order valence-corrected chi connectivity index (χ4v) is 2.68. The van der Waals surface area contributed by atoms with Crippen LogP contribution < -0.4 is 0 Å². The lowest BCUT2D eigenvalue weighted by Gasteiger charge is -2.11. The van der Waals surface area contributed by atoms with Crippen LogP contribution in [0.15, 0.2) is 0 Å². The van der Waals surface area contributed by atoms with Crippen molar-refractivity contribution in [3.63, 3.8) is 0 Å². The average Bonchev–Trinajstić information content (AvgIpc) is 1.94. The van der Waals surface area contributed by atoms with Gasteiger partial charge in [-0.15, -0.1) is 0 Å². The monoisotopic (exact) mass is 208 g/mol. The highest BCUT2D eigenvalue weighted by molar-refractivity contribution is 7.19. The van der Waals surface area contributed by atoms with Crippen molar-refractivity contribution < 1.29 is 5.11 Å². The van der Waals surface area contributed by atoms with Gasteiger partial charge in [0.25, 0.3) is 0 Å². The molecular formula is C9H21ClOSi. The molecule has 0 aromatic heterocycles. The van der Waals surface area contributed by atoms with Crippen LogP contribution in [0.1, 0.15) is 32.1 Å². The standard InChI is InChI=1S/C9H21ClOSi/c1-12(2,10)9-7-5-3-4-6-8-11/h11H,3-9H2,1-2H3. The highest BCUT2D eigenvalue weighted by Gasteiger charge is 2.15. The largest absolute Gasteiger partial charge is 0.396 e. The summed E-state index contributed by atoms with van der Waals surface area (Å²) in [6.07, 6.45) is 5.93. The maximum absolute atomic E-state index is 8.54. The molecule has 0 atom stereocenters. The minimum Gasteiger partial charge on any atom is -0.396 e. The summed E-state index contributed by atoms with van der Waals surface area (Å²) in [5.74, 6) is 0. The first-order valence-corrected chi connectivity index (χ1v) is 9.08. The zero-order valence-electron chi connectivity index (χ0n) is 8.27. The van der Waals surface area contributed by atoms with Crippen molar-refractivity contribution in [3.8, 4) is 0 Å². The third-order valence-electron chi connectivity index (χ3n) is 1.93. The molecule has 0 saturated heterocycles. The summed E-state index contributed by atoms with van der Waals surface area (Å²) in [6, 6.07) is 1.23. The van der Waals surface area contributed by atoms with E-state index in [1.54, 1.807) is 0 Å². The van der Waals surface area contributed by atoms with Crippen molar-refractivity contribution in [1.82, 2.24) is 0 Å². The van der Waals surface area contributed by atoms with Crippen LogP contribution in [0.25, 0.3) is 0 Å². The molecule has 3 heteroatoms. The zero-order chi connectivity index (χ0) is 9.45. The normalized spacial score (nSPS) is 12.0. The Morgan fingerprint density at radius 2 is 1.50 bits per heavy atom. The summed E-state index contributed by atoms with van der Waals surface area (Å²) in [7, 11) is -1.30. The maximum atomic E-state index is 8.54. The molecule has 0 aliphatic heterocycles. The van der Waals surface area contributed by atoms with E-state index in [9.17, 15) is 0 Å². The fourth-order valence-electron chi connectivity index (χ4n) is 1.19. The van der Waals surface area contributed by atoms with Gasteiger partial charge in [-0.3, -0.25) is 0 Å². The second-order valence-corrected chi connectivity index (χ2v) is 11.0.